The van der Waals surface area contributed by atoms with E-state index >= 15 is 0 Å². The highest BCUT2D eigenvalue weighted by atomic mass is 16.5. The second-order valence-corrected chi connectivity index (χ2v) is 5.83. The van der Waals surface area contributed by atoms with Crippen LogP contribution in [0.4, 0.5) is 0 Å². The van der Waals surface area contributed by atoms with E-state index in [9.17, 15) is 4.79 Å². The number of hydrogen-bond donors (Lipinski definition) is 1. The van der Waals surface area contributed by atoms with Crippen molar-refractivity contribution in [3.05, 3.63) is 11.4 Å². The van der Waals surface area contributed by atoms with Gasteiger partial charge in [0.05, 0.1) is 17.8 Å². The normalized spacial score (nSPS) is 16.5. The van der Waals surface area contributed by atoms with Gasteiger partial charge in [0.1, 0.15) is 0 Å². The van der Waals surface area contributed by atoms with Crippen LogP contribution in [0.2, 0.25) is 0 Å². The van der Waals surface area contributed by atoms with E-state index in [1.165, 1.54) is 0 Å². The summed E-state index contributed by atoms with van der Waals surface area (Å²) in [5.41, 5.74) is 7.14. The van der Waals surface area contributed by atoms with E-state index in [2.05, 4.69) is 29.3 Å². The lowest BCUT2D eigenvalue weighted by atomic mass is 9.94. The molecule has 0 bridgehead atoms. The van der Waals surface area contributed by atoms with Crippen LogP contribution in [0.5, 0.6) is 0 Å². The molecule has 0 spiro atoms. The van der Waals surface area contributed by atoms with Crippen molar-refractivity contribution in [1.82, 2.24) is 19.9 Å². The van der Waals surface area contributed by atoms with Crippen molar-refractivity contribution >= 4 is 5.91 Å². The molecule has 21 heavy (non-hydrogen) atoms. The first-order valence-electron chi connectivity index (χ1n) is 7.51. The van der Waals surface area contributed by atoms with Crippen molar-refractivity contribution in [3.63, 3.8) is 0 Å². The SMILES string of the molecule is CN(C)CCCn1nnc(CC(N)=O)c1C1CCOCC1. The molecule has 0 atom stereocenters. The van der Waals surface area contributed by atoms with Gasteiger partial charge in [-0.25, -0.2) is 4.68 Å². The maximum absolute atomic E-state index is 11.2. The molecule has 0 aliphatic carbocycles. The number of rotatable bonds is 7. The number of hydrogen-bond acceptors (Lipinski definition) is 5. The molecule has 2 N–H and O–H groups in total. The van der Waals surface area contributed by atoms with Crippen molar-refractivity contribution in [2.45, 2.75) is 38.1 Å². The van der Waals surface area contributed by atoms with E-state index in [0.717, 1.165) is 57.0 Å². The Kier molecular flexibility index (Phi) is 5.69. The maximum Gasteiger partial charge on any atom is 0.223 e. The molecule has 118 valence electrons. The largest absolute Gasteiger partial charge is 0.381 e. The first kappa shape index (κ1) is 15.9. The van der Waals surface area contributed by atoms with Crippen LogP contribution in [-0.2, 0) is 22.5 Å². The highest BCUT2D eigenvalue weighted by Crippen LogP contribution is 2.29. The molecule has 1 aromatic heterocycles. The molecule has 1 aromatic rings. The Labute approximate surface area is 125 Å². The zero-order chi connectivity index (χ0) is 15.2. The zero-order valence-corrected chi connectivity index (χ0v) is 12.9. The van der Waals surface area contributed by atoms with Crippen molar-refractivity contribution < 1.29 is 9.53 Å². The van der Waals surface area contributed by atoms with Crippen LogP contribution in [0.1, 0.15) is 36.6 Å². The second kappa shape index (κ2) is 7.51. The van der Waals surface area contributed by atoms with Crippen LogP contribution in [-0.4, -0.2) is 59.7 Å². The number of carbonyl (C=O) groups excluding carboxylic acids is 1. The standard InChI is InChI=1S/C14H25N5O2/c1-18(2)6-3-7-19-14(11-4-8-21-9-5-11)12(16-17-19)10-13(15)20/h11H,3-10H2,1-2H3,(H2,15,20). The number of carbonyl (C=O) groups is 1. The molecule has 7 nitrogen and oxygen atoms in total. The van der Waals surface area contributed by atoms with Gasteiger partial charge in [-0.2, -0.15) is 0 Å². The lowest BCUT2D eigenvalue weighted by Crippen LogP contribution is -2.22. The van der Waals surface area contributed by atoms with Crippen LogP contribution in [0.25, 0.3) is 0 Å². The van der Waals surface area contributed by atoms with Gasteiger partial charge in [0, 0.05) is 25.7 Å². The second-order valence-electron chi connectivity index (χ2n) is 5.83. The van der Waals surface area contributed by atoms with E-state index in [4.69, 9.17) is 10.5 Å². The molecule has 1 fully saturated rings. The molecule has 0 aromatic carbocycles. The zero-order valence-electron chi connectivity index (χ0n) is 12.9. The first-order chi connectivity index (χ1) is 10.1. The van der Waals surface area contributed by atoms with Gasteiger partial charge < -0.3 is 15.4 Å². The minimum atomic E-state index is -0.358. The highest BCUT2D eigenvalue weighted by Gasteiger charge is 2.25. The molecule has 1 saturated heterocycles. The average molecular weight is 295 g/mol. The summed E-state index contributed by atoms with van der Waals surface area (Å²) in [6, 6.07) is 0. The molecule has 2 heterocycles. The lowest BCUT2D eigenvalue weighted by molar-refractivity contribution is -0.117. The number of primary amides is 1. The summed E-state index contributed by atoms with van der Waals surface area (Å²) in [6.07, 6.45) is 3.07. The predicted octanol–water partition coefficient (Wildman–Crippen LogP) is 0.152. The van der Waals surface area contributed by atoms with Gasteiger partial charge in [-0.1, -0.05) is 5.21 Å². The van der Waals surface area contributed by atoms with Gasteiger partial charge in [-0.15, -0.1) is 5.10 Å². The Bertz CT molecular complexity index is 466. The molecule has 0 saturated carbocycles. The maximum atomic E-state index is 11.2. The fraction of sp³-hybridized carbons (Fsp3) is 0.786. The van der Waals surface area contributed by atoms with Gasteiger partial charge in [-0.05, 0) is 39.9 Å². The minimum Gasteiger partial charge on any atom is -0.381 e. The fourth-order valence-electron chi connectivity index (χ4n) is 2.77. The Morgan fingerprint density at radius 2 is 2.14 bits per heavy atom. The summed E-state index contributed by atoms with van der Waals surface area (Å²) < 4.78 is 7.38. The molecule has 1 aliphatic heterocycles. The summed E-state index contributed by atoms with van der Waals surface area (Å²) in [4.78, 5) is 13.4. The topological polar surface area (TPSA) is 86.3 Å². The summed E-state index contributed by atoms with van der Waals surface area (Å²) in [5.74, 6) is 0.00565. The van der Waals surface area contributed by atoms with Gasteiger partial charge >= 0.3 is 0 Å². The third kappa shape index (κ3) is 4.50. The number of nitrogens with zero attached hydrogens (tertiary/aromatic N) is 4. The number of amides is 1. The molecule has 0 unspecified atom stereocenters. The third-order valence-corrected chi connectivity index (χ3v) is 3.77. The van der Waals surface area contributed by atoms with Crippen LogP contribution in [0.3, 0.4) is 0 Å². The third-order valence-electron chi connectivity index (χ3n) is 3.77. The molecule has 0 radical (unpaired) electrons. The highest BCUT2D eigenvalue weighted by molar-refractivity contribution is 5.76. The number of nitrogens with two attached hydrogens (primary N) is 1. The van der Waals surface area contributed by atoms with Gasteiger partial charge in [-0.3, -0.25) is 4.79 Å². The summed E-state index contributed by atoms with van der Waals surface area (Å²) in [6.45, 7) is 3.32. The van der Waals surface area contributed by atoms with E-state index < -0.39 is 0 Å². The van der Waals surface area contributed by atoms with Crippen molar-refractivity contribution in [2.75, 3.05) is 33.9 Å². The first-order valence-corrected chi connectivity index (χ1v) is 7.51. The smallest absolute Gasteiger partial charge is 0.223 e. The van der Waals surface area contributed by atoms with Crippen LogP contribution in [0.15, 0.2) is 0 Å². The van der Waals surface area contributed by atoms with Gasteiger partial charge in [0.25, 0.3) is 0 Å². The molecule has 7 heteroatoms. The van der Waals surface area contributed by atoms with Crippen LogP contribution >= 0.6 is 0 Å². The Morgan fingerprint density at radius 3 is 2.76 bits per heavy atom. The lowest BCUT2D eigenvalue weighted by Gasteiger charge is -2.23. The Hall–Kier alpha value is -1.47. The number of aryl methyl sites for hydroxylation is 1. The summed E-state index contributed by atoms with van der Waals surface area (Å²) >= 11 is 0. The van der Waals surface area contributed by atoms with E-state index in [1.807, 2.05) is 4.68 Å². The van der Waals surface area contributed by atoms with Crippen molar-refractivity contribution in [1.29, 1.82) is 0 Å². The number of aromatic nitrogens is 3. The van der Waals surface area contributed by atoms with Crippen molar-refractivity contribution in [3.8, 4) is 0 Å². The molecular formula is C14H25N5O2. The minimum absolute atomic E-state index is 0.167. The van der Waals surface area contributed by atoms with Crippen LogP contribution in [0, 0.1) is 0 Å². The molecule has 2 rings (SSSR count). The van der Waals surface area contributed by atoms with E-state index in [0.29, 0.717) is 5.92 Å². The number of ether oxygens (including phenoxy) is 1. The average Bonchev–Trinajstić information content (AvgIpc) is 2.81. The van der Waals surface area contributed by atoms with Gasteiger partial charge in [0.15, 0.2) is 0 Å². The molecular weight excluding hydrogens is 270 g/mol. The van der Waals surface area contributed by atoms with Gasteiger partial charge in [0.2, 0.25) is 5.91 Å². The predicted molar refractivity (Wildman–Crippen MR) is 78.9 cm³/mol. The van der Waals surface area contributed by atoms with E-state index in [1.54, 1.807) is 0 Å². The molecule has 1 amide bonds. The van der Waals surface area contributed by atoms with Crippen molar-refractivity contribution in [2.24, 2.45) is 5.73 Å². The quantitative estimate of drug-likeness (QED) is 0.774. The van der Waals surface area contributed by atoms with E-state index in [-0.39, 0.29) is 12.3 Å². The monoisotopic (exact) mass is 295 g/mol. The molecule has 1 aliphatic rings. The van der Waals surface area contributed by atoms with Crippen LogP contribution < -0.4 is 5.73 Å². The Balaban J connectivity index is 2.14. The summed E-state index contributed by atoms with van der Waals surface area (Å²) in [7, 11) is 4.11. The fourth-order valence-corrected chi connectivity index (χ4v) is 2.77. The summed E-state index contributed by atoms with van der Waals surface area (Å²) in [5, 5.41) is 8.43. The Morgan fingerprint density at radius 1 is 1.43 bits per heavy atom.